The first-order chi connectivity index (χ1) is 71.8. The maximum absolute atomic E-state index is 12.7. The Bertz CT molecular complexity index is 6770. The van der Waals surface area contributed by atoms with Gasteiger partial charge in [-0.15, -0.1) is 0 Å². The number of carbonyl (C=O) groups excluding carboxylic acids is 5. The molecule has 5 fully saturated rings. The molecule has 0 saturated carbocycles. The monoisotopic (exact) mass is 2070 g/mol. The number of aryl methyl sites for hydroxylation is 4. The van der Waals surface area contributed by atoms with Crippen LogP contribution in [-0.4, -0.2) is 175 Å². The maximum Gasteiger partial charge on any atom is 0.415 e. The van der Waals surface area contributed by atoms with Crippen molar-refractivity contribution < 1.29 is 47.7 Å². The second kappa shape index (κ2) is 49.2. The molecule has 758 valence electrons. The number of piperidine rings is 5. The van der Waals surface area contributed by atoms with E-state index in [1.807, 2.05) is 127 Å². The van der Waals surface area contributed by atoms with Gasteiger partial charge in [-0.1, -0.05) is 181 Å². The number of rotatable bonds is 12. The number of halogens is 5. The minimum atomic E-state index is -0.320. The van der Waals surface area contributed by atoms with Crippen LogP contribution in [0.5, 0.6) is 11.5 Å². The first-order valence-corrected chi connectivity index (χ1v) is 53.6. The average Bonchev–Trinajstić information content (AvgIpc) is 1.66. The maximum atomic E-state index is 12.7. The van der Waals surface area contributed by atoms with E-state index in [0.29, 0.717) is 87.1 Å². The molecule has 147 heavy (non-hydrogen) atoms. The van der Waals surface area contributed by atoms with Crippen molar-refractivity contribution in [3.63, 3.8) is 0 Å². The van der Waals surface area contributed by atoms with Gasteiger partial charge in [0.25, 0.3) is 0 Å². The van der Waals surface area contributed by atoms with Gasteiger partial charge >= 0.3 is 30.5 Å². The number of amides is 5. The van der Waals surface area contributed by atoms with Crippen LogP contribution in [0.15, 0.2) is 220 Å². The van der Waals surface area contributed by atoms with E-state index < -0.39 is 0 Å². The van der Waals surface area contributed by atoms with Gasteiger partial charge in [-0.05, 0) is 338 Å². The van der Waals surface area contributed by atoms with Gasteiger partial charge in [0.2, 0.25) is 0 Å². The Labute approximate surface area is 886 Å². The first-order valence-electron chi connectivity index (χ1n) is 51.7. The van der Waals surface area contributed by atoms with Crippen LogP contribution >= 0.6 is 58.0 Å². The van der Waals surface area contributed by atoms with Gasteiger partial charge in [0.15, 0.2) is 11.5 Å². The molecule has 0 radical (unpaired) electrons. The van der Waals surface area contributed by atoms with Crippen molar-refractivity contribution in [2.24, 2.45) is 29.6 Å². The summed E-state index contributed by atoms with van der Waals surface area (Å²) in [5.74, 6) is 3.95. The van der Waals surface area contributed by atoms with Crippen LogP contribution in [0, 0.1) is 29.6 Å². The molecule has 22 nitrogen and oxygen atoms in total. The first kappa shape index (κ1) is 104. The SMILES string of the molecule is CCOC(=O)N1CCC(C2c3cc(CC)c(Cl)cc3C=Cc3cccnc32)CC1.CCOC(=O)N1CCC(C2c3ccc(Cl)cc3C=Cc3cccnc32)CC1.CCOC(=O)N1CCC(C2c3ccc(Cl)cc3CCc3cccnc32)CC1.CCc1cc2c(cc1Cl)C=Cc1cccnc1C2C1CCN(C(=O)Oc2cccnc2)CC1.O=C(Oc1cccnc1)N1CCC(C2c3ccc(Cl)cc3C=Cc3cccnc32)CC1. The zero-order valence-electron chi connectivity index (χ0n) is 83.6. The largest absolute Gasteiger partial charge is 0.450 e. The van der Waals surface area contributed by atoms with Crippen molar-refractivity contribution in [2.45, 2.75) is 154 Å². The molecule has 12 heterocycles. The molecule has 12 aromatic rings. The van der Waals surface area contributed by atoms with E-state index in [4.69, 9.17) is 107 Å². The van der Waals surface area contributed by atoms with Gasteiger partial charge in [-0.2, -0.15) is 0 Å². The molecular formula is C120H123Cl5N12O10. The Kier molecular flexibility index (Phi) is 34.7. The van der Waals surface area contributed by atoms with Crippen LogP contribution < -0.4 is 9.47 Å². The smallest absolute Gasteiger partial charge is 0.415 e. The third-order valence-corrected chi connectivity index (χ3v) is 31.7. The lowest BCUT2D eigenvalue weighted by Crippen LogP contribution is -2.41. The second-order valence-electron chi connectivity index (χ2n) is 38.8. The quantitative estimate of drug-likeness (QED) is 0.103. The molecule has 5 aliphatic carbocycles. The van der Waals surface area contributed by atoms with Crippen molar-refractivity contribution in [3.05, 3.63) is 368 Å². The zero-order chi connectivity index (χ0) is 102. The predicted molar refractivity (Wildman–Crippen MR) is 583 cm³/mol. The summed E-state index contributed by atoms with van der Waals surface area (Å²) in [5, 5.41) is 3.91. The number of nitrogens with zero attached hydrogens (tertiary/aromatic N) is 12. The molecule has 5 atom stereocenters. The molecule has 10 aliphatic rings. The number of carbonyl (C=O) groups is 5. The minimum Gasteiger partial charge on any atom is -0.450 e. The van der Waals surface area contributed by atoms with E-state index in [9.17, 15) is 24.0 Å². The molecule has 22 rings (SSSR count). The Morgan fingerprint density at radius 3 is 0.891 bits per heavy atom. The van der Waals surface area contributed by atoms with Gasteiger partial charge in [-0.3, -0.25) is 34.9 Å². The number of pyridine rings is 7. The summed E-state index contributed by atoms with van der Waals surface area (Å²) in [4.78, 5) is 102. The van der Waals surface area contributed by atoms with Crippen molar-refractivity contribution in [1.82, 2.24) is 59.4 Å². The fourth-order valence-electron chi connectivity index (χ4n) is 23.0. The summed E-state index contributed by atoms with van der Waals surface area (Å²) in [6, 6.07) is 54.9. The van der Waals surface area contributed by atoms with E-state index in [2.05, 4.69) is 151 Å². The Balaban J connectivity index is 0.000000121. The van der Waals surface area contributed by atoms with Crippen molar-refractivity contribution >= 4 is 137 Å². The van der Waals surface area contributed by atoms with Gasteiger partial charge in [0, 0.05) is 164 Å². The van der Waals surface area contributed by atoms with Gasteiger partial charge in [0.05, 0.1) is 60.7 Å². The molecule has 0 spiro atoms. The number of ether oxygens (including phenoxy) is 5. The molecule has 5 aromatic carbocycles. The fourth-order valence-corrected chi connectivity index (χ4v) is 24.1. The van der Waals surface area contributed by atoms with Crippen LogP contribution in [0.25, 0.3) is 48.6 Å². The average molecular weight is 2070 g/mol. The number of fused-ring (bicyclic) bond motifs is 10. The number of aromatic nitrogens is 7. The highest BCUT2D eigenvalue weighted by Gasteiger charge is 2.42. The number of benzene rings is 5. The highest BCUT2D eigenvalue weighted by atomic mass is 35.5. The Morgan fingerprint density at radius 1 is 0.286 bits per heavy atom. The highest BCUT2D eigenvalue weighted by molar-refractivity contribution is 6.32. The van der Waals surface area contributed by atoms with Crippen LogP contribution in [0.4, 0.5) is 24.0 Å². The van der Waals surface area contributed by atoms with Gasteiger partial charge < -0.3 is 48.2 Å². The van der Waals surface area contributed by atoms with Gasteiger partial charge in [0.1, 0.15) is 0 Å². The van der Waals surface area contributed by atoms with E-state index in [1.165, 1.54) is 55.8 Å². The third-order valence-electron chi connectivity index (χ3n) is 30.3. The van der Waals surface area contributed by atoms with E-state index in [-0.39, 0.29) is 60.1 Å². The topological polar surface area (TPSA) is 238 Å². The molecule has 5 amide bonds. The van der Waals surface area contributed by atoms with Crippen LogP contribution in [0.2, 0.25) is 25.1 Å². The number of likely N-dealkylation sites (tertiary alicyclic amines) is 5. The van der Waals surface area contributed by atoms with Crippen molar-refractivity contribution in [1.29, 1.82) is 0 Å². The molecule has 27 heteroatoms. The summed E-state index contributed by atoms with van der Waals surface area (Å²) in [6.45, 7) is 18.0. The Morgan fingerprint density at radius 2 is 0.565 bits per heavy atom. The van der Waals surface area contributed by atoms with Gasteiger partial charge in [-0.25, -0.2) is 24.0 Å². The lowest BCUT2D eigenvalue weighted by Gasteiger charge is -2.36. The van der Waals surface area contributed by atoms with Crippen LogP contribution in [0.1, 0.15) is 251 Å². The van der Waals surface area contributed by atoms with E-state index in [1.54, 1.807) is 58.9 Å². The molecule has 0 N–H and O–H groups in total. The van der Waals surface area contributed by atoms with Crippen LogP contribution in [0.3, 0.4) is 0 Å². The van der Waals surface area contributed by atoms with Crippen molar-refractivity contribution in [3.8, 4) is 11.5 Å². The normalized spacial score (nSPS) is 18.7. The molecule has 0 bridgehead atoms. The lowest BCUT2D eigenvalue weighted by molar-refractivity contribution is 0.0892. The molecule has 5 aliphatic heterocycles. The second-order valence-corrected chi connectivity index (χ2v) is 40.9. The molecular weight excluding hydrogens is 1950 g/mol. The molecule has 5 unspecified atom stereocenters. The number of hydrogen-bond acceptors (Lipinski definition) is 17. The molecule has 7 aromatic heterocycles. The summed E-state index contributed by atoms with van der Waals surface area (Å²) >= 11 is 31.9. The molecule has 5 saturated heterocycles. The summed E-state index contributed by atoms with van der Waals surface area (Å²) in [5.41, 5.74) is 26.3. The van der Waals surface area contributed by atoms with E-state index in [0.717, 1.165) is 222 Å². The lowest BCUT2D eigenvalue weighted by atomic mass is 9.76. The van der Waals surface area contributed by atoms with Crippen molar-refractivity contribution in [2.75, 3.05) is 85.3 Å². The number of hydrogen-bond donors (Lipinski definition) is 0. The fraction of sp³-hybridized carbons (Fsp3) is 0.350. The highest BCUT2D eigenvalue weighted by Crippen LogP contribution is 2.51. The minimum absolute atomic E-state index is 0.158. The zero-order valence-corrected chi connectivity index (χ0v) is 87.4. The third kappa shape index (κ3) is 24.5. The van der Waals surface area contributed by atoms with Crippen LogP contribution in [-0.2, 0) is 39.9 Å². The standard InChI is InChI=1S/C27H26ClN3O2.C25H22ClN3O2.C24H27ClN2O2.C22H25ClN2O2.C22H23ClN2O2/c1-2-18-15-23-21(16-24(18)28)8-7-20-5-3-12-30-26(20)25(23)19-9-13-31(14-10-19)27(32)33-22-6-4-11-29-17-22;26-20-7-8-22-19(15-20)6-5-18-3-1-12-28-24(18)23(22)17-9-13-29(14-10-17)25(30)31-21-4-2-11-27-16-21;1-3-16-14-20-19(15-21(16)25)8-7-18-6-5-11-26-23(18)22(20)17-9-12-27(13-10-17)24(28)29-4-2;2*1-2-27-22(26)25-12-9-15(10-13-25)20-19-8-7-18(23)14-17(19)6-5-16-4-3-11-24-21(16)20/h3-8,11-12,15-17,19,25H,2,9-10,13-14H2,1H3;1-8,11-12,15-17,23H,9-10,13-14H2;5-8,11,14-15,17,22H,3-4,9-10,12-13H2,1-2H3;3-4,7-8,11,14-15,20H,2,5-6,9-10,12-13H2,1H3;3-8,11,14-15,20H,2,9-10,12-13H2,1H3. The Hall–Kier alpha value is -13.1. The summed E-state index contributed by atoms with van der Waals surface area (Å²) in [7, 11) is 0. The summed E-state index contributed by atoms with van der Waals surface area (Å²) in [6.07, 6.45) is 44.6. The predicted octanol–water partition coefficient (Wildman–Crippen LogP) is 27.7. The summed E-state index contributed by atoms with van der Waals surface area (Å²) < 4.78 is 26.5. The van der Waals surface area contributed by atoms with E-state index >= 15 is 0 Å².